The van der Waals surface area contributed by atoms with Gasteiger partial charge in [0.2, 0.25) is 11.8 Å². The molecule has 0 spiro atoms. The molecule has 3 amide bonds. The Labute approximate surface area is 160 Å². The van der Waals surface area contributed by atoms with Crippen LogP contribution >= 0.6 is 0 Å². The van der Waals surface area contributed by atoms with E-state index in [2.05, 4.69) is 5.32 Å². The molecular formula is C21H27N3O3. The first kappa shape index (κ1) is 20.4. The Hall–Kier alpha value is -2.89. The summed E-state index contributed by atoms with van der Waals surface area (Å²) < 4.78 is 0. The molecular weight excluding hydrogens is 342 g/mol. The van der Waals surface area contributed by atoms with E-state index >= 15 is 0 Å². The van der Waals surface area contributed by atoms with Gasteiger partial charge in [0.25, 0.3) is 5.91 Å². The molecule has 0 aromatic heterocycles. The van der Waals surface area contributed by atoms with Crippen LogP contribution in [0.5, 0.6) is 0 Å². The van der Waals surface area contributed by atoms with Crippen LogP contribution in [-0.2, 0) is 9.59 Å². The number of rotatable bonds is 8. The third-order valence-corrected chi connectivity index (χ3v) is 4.55. The molecule has 0 radical (unpaired) electrons. The zero-order valence-electron chi connectivity index (χ0n) is 16.2. The summed E-state index contributed by atoms with van der Waals surface area (Å²) in [5, 5.41) is 4.84. The van der Waals surface area contributed by atoms with Gasteiger partial charge >= 0.3 is 0 Å². The lowest BCUT2D eigenvalue weighted by Gasteiger charge is -2.23. The molecule has 0 saturated carbocycles. The van der Waals surface area contributed by atoms with Crippen molar-refractivity contribution in [2.24, 2.45) is 0 Å². The molecule has 1 N–H and O–H groups in total. The second-order valence-corrected chi connectivity index (χ2v) is 6.38. The van der Waals surface area contributed by atoms with Gasteiger partial charge in [-0.1, -0.05) is 30.3 Å². The van der Waals surface area contributed by atoms with Gasteiger partial charge in [-0.05, 0) is 36.8 Å². The molecule has 0 aliphatic rings. The molecule has 2 rings (SSSR count). The van der Waals surface area contributed by atoms with Crippen molar-refractivity contribution in [2.75, 3.05) is 33.2 Å². The van der Waals surface area contributed by atoms with Gasteiger partial charge in [-0.25, -0.2) is 0 Å². The maximum Gasteiger partial charge on any atom is 0.251 e. The molecule has 0 bridgehead atoms. The van der Waals surface area contributed by atoms with Gasteiger partial charge in [0, 0.05) is 38.7 Å². The van der Waals surface area contributed by atoms with Crippen molar-refractivity contribution in [1.29, 1.82) is 0 Å². The summed E-state index contributed by atoms with van der Waals surface area (Å²) in [5.74, 6) is -0.458. The quantitative estimate of drug-likeness (QED) is 0.776. The molecule has 2 aromatic carbocycles. The van der Waals surface area contributed by atoms with Crippen LogP contribution < -0.4 is 5.32 Å². The predicted octanol–water partition coefficient (Wildman–Crippen LogP) is 2.29. The van der Waals surface area contributed by atoms with E-state index in [9.17, 15) is 14.4 Å². The van der Waals surface area contributed by atoms with Crippen LogP contribution in [0.25, 0.3) is 10.8 Å². The number of carbonyl (C=O) groups is 3. The minimum absolute atomic E-state index is 0.0547. The van der Waals surface area contributed by atoms with Crippen molar-refractivity contribution in [3.63, 3.8) is 0 Å². The number of amides is 3. The van der Waals surface area contributed by atoms with Gasteiger partial charge in [-0.2, -0.15) is 0 Å². The van der Waals surface area contributed by atoms with Crippen molar-refractivity contribution in [2.45, 2.75) is 20.3 Å². The average molecular weight is 369 g/mol. The maximum absolute atomic E-state index is 12.3. The Morgan fingerprint density at radius 1 is 0.926 bits per heavy atom. The summed E-state index contributed by atoms with van der Waals surface area (Å²) in [4.78, 5) is 39.6. The zero-order valence-corrected chi connectivity index (χ0v) is 16.2. The summed E-state index contributed by atoms with van der Waals surface area (Å²) in [5.41, 5.74) is 0.561. The molecule has 0 saturated heterocycles. The Morgan fingerprint density at radius 3 is 2.26 bits per heavy atom. The average Bonchev–Trinajstić information content (AvgIpc) is 2.68. The number of nitrogens with one attached hydrogen (secondary N) is 1. The Kier molecular flexibility index (Phi) is 7.34. The first-order valence-corrected chi connectivity index (χ1v) is 9.25. The van der Waals surface area contributed by atoms with Gasteiger partial charge in [0.15, 0.2) is 0 Å². The van der Waals surface area contributed by atoms with E-state index in [0.717, 1.165) is 10.8 Å². The van der Waals surface area contributed by atoms with Gasteiger partial charge in [0.05, 0.1) is 6.54 Å². The van der Waals surface area contributed by atoms with E-state index in [-0.39, 0.29) is 37.2 Å². The summed E-state index contributed by atoms with van der Waals surface area (Å²) in [6.45, 7) is 5.35. The number of hydrogen-bond donors (Lipinski definition) is 1. The standard InChI is InChI=1S/C21H27N3O3/c1-4-24(5-2)20(26)15-23(3)19(25)12-13-22-21(27)18-11-10-16-8-6-7-9-17(16)14-18/h6-11,14H,4-5,12-13,15H2,1-3H3,(H,22,27). The van der Waals surface area contributed by atoms with Crippen molar-refractivity contribution in [1.82, 2.24) is 15.1 Å². The molecule has 27 heavy (non-hydrogen) atoms. The van der Waals surface area contributed by atoms with Crippen LogP contribution in [0.15, 0.2) is 42.5 Å². The number of likely N-dealkylation sites (N-methyl/N-ethyl adjacent to an activating group) is 2. The van der Waals surface area contributed by atoms with E-state index in [1.807, 2.05) is 50.2 Å². The fourth-order valence-corrected chi connectivity index (χ4v) is 2.87. The van der Waals surface area contributed by atoms with Crippen LogP contribution in [-0.4, -0.2) is 60.7 Å². The summed E-state index contributed by atoms with van der Waals surface area (Å²) in [6, 6.07) is 13.3. The summed E-state index contributed by atoms with van der Waals surface area (Å²) in [6.07, 6.45) is 0.154. The molecule has 0 fully saturated rings. The Balaban J connectivity index is 1.82. The van der Waals surface area contributed by atoms with Gasteiger partial charge in [0.1, 0.15) is 0 Å². The lowest BCUT2D eigenvalue weighted by atomic mass is 10.1. The number of nitrogens with zero attached hydrogens (tertiary/aromatic N) is 2. The number of hydrogen-bond acceptors (Lipinski definition) is 3. The molecule has 0 aliphatic carbocycles. The highest BCUT2D eigenvalue weighted by Crippen LogP contribution is 2.15. The highest BCUT2D eigenvalue weighted by Gasteiger charge is 2.16. The van der Waals surface area contributed by atoms with E-state index in [4.69, 9.17) is 0 Å². The molecule has 0 unspecified atom stereocenters. The number of benzene rings is 2. The first-order chi connectivity index (χ1) is 13.0. The summed E-state index contributed by atoms with van der Waals surface area (Å²) >= 11 is 0. The molecule has 0 atom stereocenters. The molecule has 2 aromatic rings. The first-order valence-electron chi connectivity index (χ1n) is 9.25. The fourth-order valence-electron chi connectivity index (χ4n) is 2.87. The van der Waals surface area contributed by atoms with Crippen LogP contribution in [0.2, 0.25) is 0 Å². The SMILES string of the molecule is CCN(CC)C(=O)CN(C)C(=O)CCNC(=O)c1ccc2ccccc2c1. The van der Waals surface area contributed by atoms with Crippen molar-refractivity contribution >= 4 is 28.5 Å². The molecule has 0 aliphatic heterocycles. The second-order valence-electron chi connectivity index (χ2n) is 6.38. The van der Waals surface area contributed by atoms with Crippen LogP contribution in [0.1, 0.15) is 30.6 Å². The smallest absolute Gasteiger partial charge is 0.251 e. The highest BCUT2D eigenvalue weighted by atomic mass is 16.2. The topological polar surface area (TPSA) is 69.7 Å². The van der Waals surface area contributed by atoms with E-state index in [1.165, 1.54) is 4.90 Å². The minimum atomic E-state index is -0.213. The molecule has 0 heterocycles. The molecule has 6 heteroatoms. The van der Waals surface area contributed by atoms with Crippen molar-refractivity contribution in [3.8, 4) is 0 Å². The lowest BCUT2D eigenvalue weighted by Crippen LogP contribution is -2.41. The third-order valence-electron chi connectivity index (χ3n) is 4.55. The van der Waals surface area contributed by atoms with E-state index in [0.29, 0.717) is 18.7 Å². The monoisotopic (exact) mass is 369 g/mol. The van der Waals surface area contributed by atoms with Gasteiger partial charge < -0.3 is 15.1 Å². The fraction of sp³-hybridized carbons (Fsp3) is 0.381. The van der Waals surface area contributed by atoms with E-state index in [1.54, 1.807) is 18.0 Å². The normalized spacial score (nSPS) is 10.5. The minimum Gasteiger partial charge on any atom is -0.352 e. The molecule has 144 valence electrons. The van der Waals surface area contributed by atoms with Gasteiger partial charge in [-0.3, -0.25) is 14.4 Å². The maximum atomic E-state index is 12.3. The van der Waals surface area contributed by atoms with Crippen molar-refractivity contribution in [3.05, 3.63) is 48.0 Å². The Morgan fingerprint density at radius 2 is 1.59 bits per heavy atom. The third kappa shape index (κ3) is 5.54. The largest absolute Gasteiger partial charge is 0.352 e. The zero-order chi connectivity index (χ0) is 19.8. The molecule has 6 nitrogen and oxygen atoms in total. The van der Waals surface area contributed by atoms with Crippen LogP contribution in [0.4, 0.5) is 0 Å². The summed E-state index contributed by atoms with van der Waals surface area (Å²) in [7, 11) is 1.61. The number of fused-ring (bicyclic) bond motifs is 1. The highest BCUT2D eigenvalue weighted by molar-refractivity contribution is 5.98. The predicted molar refractivity (Wildman–Crippen MR) is 106 cm³/mol. The van der Waals surface area contributed by atoms with Crippen LogP contribution in [0.3, 0.4) is 0 Å². The van der Waals surface area contributed by atoms with Crippen LogP contribution in [0, 0.1) is 0 Å². The van der Waals surface area contributed by atoms with Gasteiger partial charge in [-0.15, -0.1) is 0 Å². The Bertz CT molecular complexity index is 815. The van der Waals surface area contributed by atoms with E-state index < -0.39 is 0 Å². The second kappa shape index (κ2) is 9.71. The van der Waals surface area contributed by atoms with Crippen molar-refractivity contribution < 1.29 is 14.4 Å². The number of carbonyl (C=O) groups excluding carboxylic acids is 3. The lowest BCUT2D eigenvalue weighted by molar-refractivity contribution is -0.139.